The van der Waals surface area contributed by atoms with Gasteiger partial charge in [0.15, 0.2) is 5.78 Å². The van der Waals surface area contributed by atoms with Crippen molar-refractivity contribution in [3.63, 3.8) is 0 Å². The average molecular weight is 198 g/mol. The van der Waals surface area contributed by atoms with Gasteiger partial charge in [0.2, 0.25) is 5.76 Å². The van der Waals surface area contributed by atoms with Gasteiger partial charge >= 0.3 is 5.97 Å². The molecule has 1 fully saturated rings. The number of hydrogen-bond donors (Lipinski definition) is 0. The van der Waals surface area contributed by atoms with Crippen LogP contribution in [0.25, 0.3) is 0 Å². The minimum atomic E-state index is -0.579. The lowest BCUT2D eigenvalue weighted by Gasteiger charge is -2.06. The molecule has 0 saturated heterocycles. The Hall–Kier alpha value is -1.32. The van der Waals surface area contributed by atoms with Crippen molar-refractivity contribution in [1.82, 2.24) is 0 Å². The second kappa shape index (κ2) is 4.26. The second-order valence-electron chi connectivity index (χ2n) is 3.44. The first kappa shape index (κ1) is 10.8. The zero-order valence-electron chi connectivity index (χ0n) is 8.62. The molecule has 1 aliphatic carbocycles. The summed E-state index contributed by atoms with van der Waals surface area (Å²) >= 11 is 0. The minimum Gasteiger partial charge on any atom is -0.490 e. The number of esters is 1. The van der Waals surface area contributed by atoms with Gasteiger partial charge in [-0.05, 0) is 12.3 Å². The van der Waals surface area contributed by atoms with Crippen LogP contribution in [0.3, 0.4) is 0 Å². The van der Waals surface area contributed by atoms with Gasteiger partial charge in [0, 0.05) is 12.0 Å². The van der Waals surface area contributed by atoms with Gasteiger partial charge in [-0.1, -0.05) is 6.92 Å². The molecule has 0 radical (unpaired) electrons. The molecule has 1 rings (SSSR count). The highest BCUT2D eigenvalue weighted by atomic mass is 16.6. The van der Waals surface area contributed by atoms with Crippen molar-refractivity contribution in [3.8, 4) is 0 Å². The Labute approximate surface area is 82.9 Å². The van der Waals surface area contributed by atoms with E-state index in [1.165, 1.54) is 14.2 Å². The summed E-state index contributed by atoms with van der Waals surface area (Å²) in [7, 11) is 2.64. The summed E-state index contributed by atoms with van der Waals surface area (Å²) in [5.41, 5.74) is 0.465. The molecule has 0 aromatic rings. The highest BCUT2D eigenvalue weighted by molar-refractivity contribution is 6.04. The van der Waals surface area contributed by atoms with Gasteiger partial charge in [-0.25, -0.2) is 4.79 Å². The molecule has 1 unspecified atom stereocenters. The maximum absolute atomic E-state index is 11.5. The Bertz CT molecular complexity index is 280. The molecule has 1 atom stereocenters. The van der Waals surface area contributed by atoms with E-state index in [-0.39, 0.29) is 17.5 Å². The molecule has 0 amide bonds. The molecule has 0 bridgehead atoms. The average Bonchev–Trinajstić information content (AvgIpc) is 2.47. The molecule has 4 heteroatoms. The first-order chi connectivity index (χ1) is 6.60. The molecule has 0 spiro atoms. The van der Waals surface area contributed by atoms with Crippen molar-refractivity contribution in [2.24, 2.45) is 5.92 Å². The Balaban J connectivity index is 3.00. The number of rotatable bonds is 2. The number of methoxy groups -OCH3 is 2. The number of ether oxygens (including phenoxy) is 2. The molecule has 0 aliphatic heterocycles. The smallest absolute Gasteiger partial charge is 0.373 e. The molecule has 14 heavy (non-hydrogen) atoms. The van der Waals surface area contributed by atoms with E-state index in [2.05, 4.69) is 4.74 Å². The summed E-state index contributed by atoms with van der Waals surface area (Å²) in [4.78, 5) is 22.7. The maximum atomic E-state index is 11.5. The van der Waals surface area contributed by atoms with Gasteiger partial charge in [-0.15, -0.1) is 0 Å². The van der Waals surface area contributed by atoms with E-state index in [0.717, 1.165) is 0 Å². The van der Waals surface area contributed by atoms with Crippen LogP contribution in [0, 0.1) is 5.92 Å². The predicted molar refractivity (Wildman–Crippen MR) is 49.5 cm³/mol. The van der Waals surface area contributed by atoms with Gasteiger partial charge in [-0.2, -0.15) is 0 Å². The zero-order chi connectivity index (χ0) is 10.7. The predicted octanol–water partition coefficient (Wildman–Crippen LogP) is 1.06. The van der Waals surface area contributed by atoms with E-state index < -0.39 is 5.97 Å². The summed E-state index contributed by atoms with van der Waals surface area (Å²) in [6.07, 6.45) is 1.08. The summed E-state index contributed by atoms with van der Waals surface area (Å²) in [6, 6.07) is 0. The monoisotopic (exact) mass is 198 g/mol. The number of ketones is 1. The lowest BCUT2D eigenvalue weighted by atomic mass is 10.1. The van der Waals surface area contributed by atoms with Crippen molar-refractivity contribution >= 4 is 11.8 Å². The van der Waals surface area contributed by atoms with Crippen molar-refractivity contribution in [2.45, 2.75) is 19.8 Å². The third-order valence-electron chi connectivity index (χ3n) is 2.27. The van der Waals surface area contributed by atoms with Gasteiger partial charge in [-0.3, -0.25) is 4.79 Å². The SMILES string of the molecule is COC(=O)/C(OC)=C1/CC(C)CC1=O. The summed E-state index contributed by atoms with van der Waals surface area (Å²) in [6.45, 7) is 1.97. The third kappa shape index (κ3) is 1.95. The van der Waals surface area contributed by atoms with Crippen molar-refractivity contribution in [2.75, 3.05) is 14.2 Å². The van der Waals surface area contributed by atoms with Crippen LogP contribution in [0.15, 0.2) is 11.3 Å². The van der Waals surface area contributed by atoms with Gasteiger partial charge in [0.05, 0.1) is 14.2 Å². The highest BCUT2D eigenvalue weighted by Gasteiger charge is 2.30. The Morgan fingerprint density at radius 1 is 1.29 bits per heavy atom. The molecule has 78 valence electrons. The first-order valence-electron chi connectivity index (χ1n) is 4.48. The maximum Gasteiger partial charge on any atom is 0.373 e. The zero-order valence-corrected chi connectivity index (χ0v) is 8.62. The van der Waals surface area contributed by atoms with E-state index in [0.29, 0.717) is 18.4 Å². The van der Waals surface area contributed by atoms with E-state index in [1.54, 1.807) is 0 Å². The van der Waals surface area contributed by atoms with Crippen LogP contribution in [-0.2, 0) is 19.1 Å². The van der Waals surface area contributed by atoms with Crippen LogP contribution < -0.4 is 0 Å². The lowest BCUT2D eigenvalue weighted by Crippen LogP contribution is -2.11. The van der Waals surface area contributed by atoms with Gasteiger partial charge < -0.3 is 9.47 Å². The lowest BCUT2D eigenvalue weighted by molar-refractivity contribution is -0.140. The topological polar surface area (TPSA) is 52.6 Å². The van der Waals surface area contributed by atoms with Crippen LogP contribution in [-0.4, -0.2) is 26.0 Å². The van der Waals surface area contributed by atoms with Crippen molar-refractivity contribution < 1.29 is 19.1 Å². The van der Waals surface area contributed by atoms with Crippen LogP contribution in [0.2, 0.25) is 0 Å². The van der Waals surface area contributed by atoms with Crippen LogP contribution in [0.5, 0.6) is 0 Å². The molecule has 1 aliphatic rings. The van der Waals surface area contributed by atoms with E-state index in [9.17, 15) is 9.59 Å². The third-order valence-corrected chi connectivity index (χ3v) is 2.27. The number of carbonyl (C=O) groups is 2. The molecule has 1 saturated carbocycles. The fourth-order valence-electron chi connectivity index (χ4n) is 1.62. The number of carbonyl (C=O) groups excluding carboxylic acids is 2. The normalized spacial score (nSPS) is 24.8. The second-order valence-corrected chi connectivity index (χ2v) is 3.44. The molecule has 0 aromatic carbocycles. The summed E-state index contributed by atoms with van der Waals surface area (Å²) in [5, 5.41) is 0. The number of allylic oxidation sites excluding steroid dienone is 1. The van der Waals surface area contributed by atoms with Crippen LogP contribution in [0.1, 0.15) is 19.8 Å². The first-order valence-corrected chi connectivity index (χ1v) is 4.48. The van der Waals surface area contributed by atoms with Crippen molar-refractivity contribution in [3.05, 3.63) is 11.3 Å². The van der Waals surface area contributed by atoms with Gasteiger partial charge in [0.25, 0.3) is 0 Å². The van der Waals surface area contributed by atoms with E-state index in [1.807, 2.05) is 6.92 Å². The molecule has 0 aromatic heterocycles. The summed E-state index contributed by atoms with van der Waals surface area (Å²) in [5.74, 6) is -0.251. The standard InChI is InChI=1S/C10H14O4/c1-6-4-7(8(11)5-6)9(13-2)10(12)14-3/h6H,4-5H2,1-3H3/b9-7+. The molecule has 4 nitrogen and oxygen atoms in total. The van der Waals surface area contributed by atoms with Crippen molar-refractivity contribution in [1.29, 1.82) is 0 Å². The molecular formula is C10H14O4. The van der Waals surface area contributed by atoms with Crippen LogP contribution >= 0.6 is 0 Å². The largest absolute Gasteiger partial charge is 0.490 e. The Morgan fingerprint density at radius 3 is 2.29 bits per heavy atom. The summed E-state index contributed by atoms with van der Waals surface area (Å²) < 4.78 is 9.42. The Kier molecular flexibility index (Phi) is 3.28. The van der Waals surface area contributed by atoms with Gasteiger partial charge in [0.1, 0.15) is 0 Å². The highest BCUT2D eigenvalue weighted by Crippen LogP contribution is 2.29. The fourth-order valence-corrected chi connectivity index (χ4v) is 1.62. The molecule has 0 heterocycles. The fraction of sp³-hybridized carbons (Fsp3) is 0.600. The number of hydrogen-bond acceptors (Lipinski definition) is 4. The Morgan fingerprint density at radius 2 is 1.93 bits per heavy atom. The quantitative estimate of drug-likeness (QED) is 0.378. The minimum absolute atomic E-state index is 0.0141. The van der Waals surface area contributed by atoms with E-state index >= 15 is 0 Å². The number of Topliss-reactive ketones (excluding diaryl/α,β-unsaturated/α-hetero) is 1. The molecular weight excluding hydrogens is 184 g/mol. The van der Waals surface area contributed by atoms with Crippen LogP contribution in [0.4, 0.5) is 0 Å². The van der Waals surface area contributed by atoms with E-state index in [4.69, 9.17) is 4.74 Å². The molecule has 0 N–H and O–H groups in total.